The van der Waals surface area contributed by atoms with E-state index in [4.69, 9.17) is 12.2 Å². The van der Waals surface area contributed by atoms with Crippen LogP contribution in [0.4, 0.5) is 0 Å². The van der Waals surface area contributed by atoms with Crippen LogP contribution in [-0.4, -0.2) is 4.57 Å². The third-order valence-electron chi connectivity index (χ3n) is 2.11. The quantitative estimate of drug-likeness (QED) is 0.709. The van der Waals surface area contributed by atoms with Gasteiger partial charge in [0, 0.05) is 18.0 Å². The summed E-state index contributed by atoms with van der Waals surface area (Å²) in [5, 5.41) is 0. The van der Waals surface area contributed by atoms with Crippen molar-refractivity contribution in [1.82, 2.24) is 4.57 Å². The summed E-state index contributed by atoms with van der Waals surface area (Å²) in [6, 6.07) is 11.4. The average molecular weight is 235 g/mol. The number of rotatable bonds is 1. The smallest absolute Gasteiger partial charge is 0.253 e. The van der Waals surface area contributed by atoms with E-state index in [1.165, 1.54) is 15.9 Å². The number of benzene rings is 1. The molecule has 1 aromatic heterocycles. The van der Waals surface area contributed by atoms with Crippen molar-refractivity contribution in [2.75, 3.05) is 0 Å². The minimum Gasteiger partial charge on any atom is -0.294 e. The molecule has 4 heteroatoms. The van der Waals surface area contributed by atoms with E-state index in [1.807, 2.05) is 30.3 Å². The Kier molecular flexibility index (Phi) is 2.79. The molecule has 15 heavy (non-hydrogen) atoms. The van der Waals surface area contributed by atoms with Gasteiger partial charge in [0.1, 0.15) is 0 Å². The molecule has 1 heterocycles. The zero-order valence-electron chi connectivity index (χ0n) is 8.14. The van der Waals surface area contributed by atoms with E-state index in [0.29, 0.717) is 3.95 Å². The van der Waals surface area contributed by atoms with Gasteiger partial charge >= 0.3 is 0 Å². The van der Waals surface area contributed by atoms with Crippen LogP contribution >= 0.6 is 23.6 Å². The molecule has 2 rings (SSSR count). The summed E-state index contributed by atoms with van der Waals surface area (Å²) >= 11 is 6.56. The molecule has 0 atom stereocenters. The van der Waals surface area contributed by atoms with Crippen LogP contribution < -0.4 is 5.56 Å². The average Bonchev–Trinajstić information content (AvgIpc) is 2.26. The van der Waals surface area contributed by atoms with Crippen molar-refractivity contribution in [3.8, 4) is 10.4 Å². The summed E-state index contributed by atoms with van der Waals surface area (Å²) < 4.78 is 2.08. The number of hydrogen-bond donors (Lipinski definition) is 0. The molecule has 0 spiro atoms. The van der Waals surface area contributed by atoms with E-state index in [2.05, 4.69) is 0 Å². The fourth-order valence-electron chi connectivity index (χ4n) is 1.24. The number of hydrogen-bond acceptors (Lipinski definition) is 3. The summed E-state index contributed by atoms with van der Waals surface area (Å²) in [5.41, 5.74) is 0.976. The van der Waals surface area contributed by atoms with Crippen molar-refractivity contribution in [1.29, 1.82) is 0 Å². The van der Waals surface area contributed by atoms with E-state index >= 15 is 0 Å². The molecule has 0 N–H and O–H groups in total. The summed E-state index contributed by atoms with van der Waals surface area (Å²) in [5.74, 6) is 0. The lowest BCUT2D eigenvalue weighted by molar-refractivity contribution is 0.866. The Morgan fingerprint density at radius 3 is 2.53 bits per heavy atom. The lowest BCUT2D eigenvalue weighted by Gasteiger charge is -2.01. The molecule has 0 aliphatic heterocycles. The third-order valence-corrected chi connectivity index (χ3v) is 3.66. The normalized spacial score (nSPS) is 10.2. The molecule has 0 bridgehead atoms. The zero-order chi connectivity index (χ0) is 10.8. The van der Waals surface area contributed by atoms with E-state index < -0.39 is 0 Å². The molecule has 0 fully saturated rings. The maximum Gasteiger partial charge on any atom is 0.253 e. The lowest BCUT2D eigenvalue weighted by Crippen LogP contribution is -2.14. The predicted molar refractivity (Wildman–Crippen MR) is 65.8 cm³/mol. The Morgan fingerprint density at radius 2 is 1.93 bits per heavy atom. The third kappa shape index (κ3) is 2.06. The van der Waals surface area contributed by atoms with Gasteiger partial charge in [0.25, 0.3) is 5.56 Å². The Hall–Kier alpha value is -1.26. The van der Waals surface area contributed by atoms with Gasteiger partial charge < -0.3 is 0 Å². The largest absolute Gasteiger partial charge is 0.294 e. The van der Waals surface area contributed by atoms with Crippen LogP contribution in [0.2, 0.25) is 0 Å². The van der Waals surface area contributed by atoms with Crippen molar-refractivity contribution in [3.63, 3.8) is 0 Å². The van der Waals surface area contributed by atoms with Crippen LogP contribution in [0, 0.1) is 3.95 Å². The summed E-state index contributed by atoms with van der Waals surface area (Å²) in [6.45, 7) is 0. The fourth-order valence-corrected chi connectivity index (χ4v) is 2.42. The predicted octanol–water partition coefficient (Wildman–Crippen LogP) is 2.84. The second kappa shape index (κ2) is 4.08. The first-order valence-corrected chi connectivity index (χ1v) is 5.67. The summed E-state index contributed by atoms with van der Waals surface area (Å²) in [4.78, 5) is 12.5. The molecule has 0 saturated heterocycles. The van der Waals surface area contributed by atoms with Gasteiger partial charge in [-0.3, -0.25) is 9.36 Å². The van der Waals surface area contributed by atoms with Gasteiger partial charge in [-0.1, -0.05) is 30.3 Å². The highest BCUT2D eigenvalue weighted by Crippen LogP contribution is 2.21. The van der Waals surface area contributed by atoms with Gasteiger partial charge in [-0.2, -0.15) is 0 Å². The molecule has 2 aromatic rings. The maximum absolute atomic E-state index is 11.5. The van der Waals surface area contributed by atoms with Gasteiger partial charge in [-0.25, -0.2) is 0 Å². The van der Waals surface area contributed by atoms with Crippen LogP contribution in [0.25, 0.3) is 10.4 Å². The van der Waals surface area contributed by atoms with Gasteiger partial charge in [0.2, 0.25) is 0 Å². The fraction of sp³-hybridized carbons (Fsp3) is 0.0909. The number of aromatic nitrogens is 1. The Labute approximate surface area is 96.5 Å². The summed E-state index contributed by atoms with van der Waals surface area (Å²) in [7, 11) is 1.69. The van der Waals surface area contributed by atoms with Crippen molar-refractivity contribution in [3.05, 3.63) is 50.7 Å². The highest BCUT2D eigenvalue weighted by atomic mass is 32.1. The molecule has 0 saturated carbocycles. The Morgan fingerprint density at radius 1 is 1.27 bits per heavy atom. The Bertz CT molecular complexity index is 552. The zero-order valence-corrected chi connectivity index (χ0v) is 9.77. The van der Waals surface area contributed by atoms with E-state index in [-0.39, 0.29) is 5.56 Å². The van der Waals surface area contributed by atoms with Crippen LogP contribution in [0.1, 0.15) is 0 Å². The first-order chi connectivity index (χ1) is 7.18. The molecule has 0 amide bonds. The molecule has 76 valence electrons. The minimum atomic E-state index is -0.0578. The lowest BCUT2D eigenvalue weighted by atomic mass is 10.2. The molecular weight excluding hydrogens is 226 g/mol. The molecule has 0 radical (unpaired) electrons. The monoisotopic (exact) mass is 235 g/mol. The minimum absolute atomic E-state index is 0.0578. The standard InChI is InChI=1S/C11H9NOS2/c1-12-10(13)7-9(15-11(12)14)8-5-3-2-4-6-8/h2-7H,1H3. The van der Waals surface area contributed by atoms with Crippen LogP contribution in [0.5, 0.6) is 0 Å². The SMILES string of the molecule is Cn1c(=O)cc(-c2ccccc2)sc1=S. The second-order valence-corrected chi connectivity index (χ2v) is 4.82. The van der Waals surface area contributed by atoms with Crippen molar-refractivity contribution in [2.45, 2.75) is 0 Å². The van der Waals surface area contributed by atoms with Crippen molar-refractivity contribution < 1.29 is 0 Å². The molecule has 0 aliphatic carbocycles. The second-order valence-electron chi connectivity index (χ2n) is 3.14. The molecular formula is C11H9NOS2. The van der Waals surface area contributed by atoms with Gasteiger partial charge in [-0.05, 0) is 17.8 Å². The highest BCUT2D eigenvalue weighted by molar-refractivity contribution is 7.73. The van der Waals surface area contributed by atoms with Gasteiger partial charge in [0.05, 0.1) is 0 Å². The van der Waals surface area contributed by atoms with Crippen molar-refractivity contribution >= 4 is 23.6 Å². The first kappa shape index (κ1) is 10.3. The maximum atomic E-state index is 11.5. The first-order valence-electron chi connectivity index (χ1n) is 4.45. The van der Waals surface area contributed by atoms with Crippen LogP contribution in [-0.2, 0) is 7.05 Å². The molecule has 1 aromatic carbocycles. The van der Waals surface area contributed by atoms with Crippen LogP contribution in [0.15, 0.2) is 41.2 Å². The molecule has 2 nitrogen and oxygen atoms in total. The number of nitrogens with zero attached hydrogens (tertiary/aromatic N) is 1. The topological polar surface area (TPSA) is 22.0 Å². The van der Waals surface area contributed by atoms with E-state index in [1.54, 1.807) is 13.1 Å². The highest BCUT2D eigenvalue weighted by Gasteiger charge is 2.01. The van der Waals surface area contributed by atoms with E-state index in [0.717, 1.165) is 10.4 Å². The van der Waals surface area contributed by atoms with Gasteiger partial charge in [0.15, 0.2) is 3.95 Å². The van der Waals surface area contributed by atoms with E-state index in [9.17, 15) is 4.79 Å². The Balaban J connectivity index is 2.67. The molecule has 0 aliphatic rings. The van der Waals surface area contributed by atoms with Gasteiger partial charge in [-0.15, -0.1) is 11.3 Å². The molecule has 0 unspecified atom stereocenters. The summed E-state index contributed by atoms with van der Waals surface area (Å²) in [6.07, 6.45) is 0. The van der Waals surface area contributed by atoms with Crippen LogP contribution in [0.3, 0.4) is 0 Å². The van der Waals surface area contributed by atoms with Crippen molar-refractivity contribution in [2.24, 2.45) is 7.05 Å².